The number of aromatic nitrogens is 3. The van der Waals surface area contributed by atoms with Gasteiger partial charge in [0.25, 0.3) is 0 Å². The number of rotatable bonds is 6. The van der Waals surface area contributed by atoms with Gasteiger partial charge in [-0.1, -0.05) is 30.3 Å². The number of H-pyrrole nitrogens is 1. The van der Waals surface area contributed by atoms with Gasteiger partial charge in [-0.2, -0.15) is 18.4 Å². The Morgan fingerprint density at radius 2 is 1.80 bits per heavy atom. The molecule has 13 nitrogen and oxygen atoms in total. The Hall–Kier alpha value is -5.28. The van der Waals surface area contributed by atoms with Gasteiger partial charge in [-0.05, 0) is 55.0 Å². The Labute approximate surface area is 291 Å². The summed E-state index contributed by atoms with van der Waals surface area (Å²) in [6.45, 7) is 4.63. The highest BCUT2D eigenvalue weighted by Crippen LogP contribution is 2.44. The first-order valence-corrected chi connectivity index (χ1v) is 16.9. The van der Waals surface area contributed by atoms with Gasteiger partial charge in [0.15, 0.2) is 0 Å². The Morgan fingerprint density at radius 3 is 2.39 bits per heavy atom. The highest BCUT2D eigenvalue weighted by atomic mass is 32.2. The molecule has 6 rings (SSSR count). The summed E-state index contributed by atoms with van der Waals surface area (Å²) in [5, 5.41) is 16.2. The average molecular weight is 727 g/mol. The molecular formula is C34H33F3N6O7S. The lowest BCUT2D eigenvalue weighted by atomic mass is 9.89. The highest BCUT2D eigenvalue weighted by Gasteiger charge is 2.42. The van der Waals surface area contributed by atoms with Crippen molar-refractivity contribution in [3.8, 4) is 6.07 Å². The number of carbonyl (C=O) groups is 1. The van der Waals surface area contributed by atoms with Crippen molar-refractivity contribution in [1.29, 1.82) is 5.26 Å². The lowest BCUT2D eigenvalue weighted by Crippen LogP contribution is -2.51. The number of morpholine rings is 1. The van der Waals surface area contributed by atoms with Crippen molar-refractivity contribution in [2.45, 2.75) is 30.6 Å². The number of allylic oxidation sites excluding steroid dienone is 1. The zero-order valence-corrected chi connectivity index (χ0v) is 28.5. The fraction of sp³-hybridized carbons (Fsp3) is 0.294. The average Bonchev–Trinajstić information content (AvgIpc) is 3.48. The van der Waals surface area contributed by atoms with Crippen molar-refractivity contribution in [3.63, 3.8) is 0 Å². The van der Waals surface area contributed by atoms with Gasteiger partial charge in [0.1, 0.15) is 35.8 Å². The van der Waals surface area contributed by atoms with E-state index in [4.69, 9.17) is 9.47 Å². The van der Waals surface area contributed by atoms with Crippen LogP contribution < -0.4 is 10.6 Å². The van der Waals surface area contributed by atoms with E-state index in [2.05, 4.69) is 23.3 Å². The molecule has 268 valence electrons. The zero-order chi connectivity index (χ0) is 37.1. The number of halogens is 3. The van der Waals surface area contributed by atoms with Crippen molar-refractivity contribution < 1.29 is 44.9 Å². The summed E-state index contributed by atoms with van der Waals surface area (Å²) in [5.41, 5.74) is 0.506. The summed E-state index contributed by atoms with van der Waals surface area (Å²) in [5.74, 6) is -0.753. The molecule has 1 atom stereocenters. The van der Waals surface area contributed by atoms with E-state index in [1.807, 2.05) is 0 Å². The maximum absolute atomic E-state index is 13.6. The summed E-state index contributed by atoms with van der Waals surface area (Å²) in [6, 6.07) is 17.9. The second-order valence-corrected chi connectivity index (χ2v) is 13.5. The number of nitrogens with one attached hydrogen (secondary N) is 1. The highest BCUT2D eigenvalue weighted by molar-refractivity contribution is 7.85. The number of hydrogen-bond donors (Lipinski definition) is 1. The lowest BCUT2D eigenvalue weighted by Gasteiger charge is -2.39. The molecule has 0 saturated carbocycles. The van der Waals surface area contributed by atoms with Gasteiger partial charge >= 0.3 is 17.8 Å². The maximum atomic E-state index is 13.6. The summed E-state index contributed by atoms with van der Waals surface area (Å²) in [6.07, 6.45) is -4.61. The summed E-state index contributed by atoms with van der Waals surface area (Å²) in [4.78, 5) is 27.8. The summed E-state index contributed by atoms with van der Waals surface area (Å²) in [7, 11) is -0.988. The Kier molecular flexibility index (Phi) is 10.5. The van der Waals surface area contributed by atoms with Crippen LogP contribution >= 0.6 is 0 Å². The smallest absolute Gasteiger partial charge is 0.416 e. The SMILES string of the molecule is COC(=O)C1=C(C)N(c2cccc(C(F)(F)F)c2)c2n[nH]c(=O)n2[C@@H]1c1ccc(C#N)cc1C[N+]1(C)CCOCC1.O=S(=O)([O-])c1ccccc1. The number of benzene rings is 3. The van der Waals surface area contributed by atoms with Gasteiger partial charge in [0.05, 0.1) is 55.0 Å². The van der Waals surface area contributed by atoms with Crippen molar-refractivity contribution in [1.82, 2.24) is 14.8 Å². The van der Waals surface area contributed by atoms with E-state index in [1.165, 1.54) is 53.0 Å². The number of esters is 1. The van der Waals surface area contributed by atoms with Gasteiger partial charge in [0, 0.05) is 16.9 Å². The molecular weight excluding hydrogens is 693 g/mol. The number of methoxy groups -OCH3 is 1. The third kappa shape index (κ3) is 7.89. The fourth-order valence-corrected chi connectivity index (χ4v) is 6.59. The number of quaternary nitrogens is 1. The van der Waals surface area contributed by atoms with Crippen LogP contribution in [0, 0.1) is 11.3 Å². The number of aromatic amines is 1. The second-order valence-electron chi connectivity index (χ2n) is 12.1. The second kappa shape index (κ2) is 14.5. The number of nitriles is 1. The molecule has 0 aliphatic carbocycles. The molecule has 1 saturated heterocycles. The van der Waals surface area contributed by atoms with E-state index >= 15 is 0 Å². The van der Waals surface area contributed by atoms with Crippen LogP contribution in [-0.4, -0.2) is 78.6 Å². The molecule has 2 aliphatic heterocycles. The number of nitrogens with zero attached hydrogens (tertiary/aromatic N) is 5. The van der Waals surface area contributed by atoms with Gasteiger partial charge < -0.3 is 18.5 Å². The first-order chi connectivity index (χ1) is 24.1. The molecule has 51 heavy (non-hydrogen) atoms. The van der Waals surface area contributed by atoms with Crippen molar-refractivity contribution in [3.05, 3.63) is 117 Å². The van der Waals surface area contributed by atoms with Gasteiger partial charge in [-0.15, -0.1) is 5.10 Å². The quantitative estimate of drug-likeness (QED) is 0.172. The molecule has 17 heteroatoms. The van der Waals surface area contributed by atoms with E-state index in [0.717, 1.165) is 30.8 Å². The van der Waals surface area contributed by atoms with Gasteiger partial charge in [-0.3, -0.25) is 4.90 Å². The molecule has 1 aromatic heterocycles. The van der Waals surface area contributed by atoms with E-state index in [9.17, 15) is 41.0 Å². The van der Waals surface area contributed by atoms with E-state index in [0.29, 0.717) is 35.4 Å². The number of carbonyl (C=O) groups excluding carboxylic acids is 1. The number of anilines is 2. The third-order valence-electron chi connectivity index (χ3n) is 8.68. The Balaban J connectivity index is 0.000000435. The topological polar surface area (TPSA) is 170 Å². The molecule has 4 aromatic rings. The van der Waals surface area contributed by atoms with Crippen LogP contribution in [0.25, 0.3) is 0 Å². The van der Waals surface area contributed by atoms with Crippen molar-refractivity contribution in [2.24, 2.45) is 0 Å². The molecule has 1 fully saturated rings. The monoisotopic (exact) mass is 726 g/mol. The number of fused-ring (bicyclic) bond motifs is 1. The third-order valence-corrected chi connectivity index (χ3v) is 9.53. The van der Waals surface area contributed by atoms with Crippen LogP contribution in [0.4, 0.5) is 24.8 Å². The van der Waals surface area contributed by atoms with Crippen molar-refractivity contribution >= 4 is 27.7 Å². The standard InChI is InChI=1S/C28H27F3N6O4.C6H6O3S/c1-17-23(25(38)40-3)24(22-8-7-18(15-32)13-19(22)16-37(2)9-11-41-12-10-37)36-26(33-34-27(36)39)35(17)21-6-4-5-20(14-21)28(29,30)31;7-10(8,9)6-4-2-1-3-5-6/h4-8,13-14,24H,9-12,16H2,1-3H3;1-5H,(H,7,8,9)/t24-;/m1./s1. The number of hydrogen-bond acceptors (Lipinski definition) is 10. The van der Waals surface area contributed by atoms with E-state index < -0.39 is 39.6 Å². The Bertz CT molecular complexity index is 2170. The number of ether oxygens (including phenoxy) is 2. The van der Waals surface area contributed by atoms with Crippen LogP contribution in [0.5, 0.6) is 0 Å². The fourth-order valence-electron chi connectivity index (χ4n) is 6.10. The van der Waals surface area contributed by atoms with E-state index in [1.54, 1.807) is 31.2 Å². The number of alkyl halides is 3. The molecule has 0 spiro atoms. The lowest BCUT2D eigenvalue weighted by molar-refractivity contribution is -0.929. The van der Waals surface area contributed by atoms with E-state index in [-0.39, 0.29) is 27.8 Å². The number of likely N-dealkylation sites (N-methyl/N-ethyl adjacent to an activating group) is 1. The Morgan fingerprint density at radius 1 is 1.12 bits per heavy atom. The largest absolute Gasteiger partial charge is 0.744 e. The first-order valence-electron chi connectivity index (χ1n) is 15.5. The molecule has 0 bridgehead atoms. The molecule has 3 heterocycles. The summed E-state index contributed by atoms with van der Waals surface area (Å²) < 4.78 is 84.1. The van der Waals surface area contributed by atoms with Crippen LogP contribution in [0.3, 0.4) is 0 Å². The van der Waals surface area contributed by atoms with Crippen LogP contribution in [-0.2, 0) is 37.1 Å². The normalized spacial score (nSPS) is 17.1. The van der Waals surface area contributed by atoms with Crippen LogP contribution in [0.1, 0.15) is 35.2 Å². The minimum atomic E-state index is -4.61. The molecule has 1 N–H and O–H groups in total. The predicted octanol–water partition coefficient (Wildman–Crippen LogP) is 4.22. The minimum absolute atomic E-state index is 0.00607. The van der Waals surface area contributed by atoms with Gasteiger partial charge in [0.2, 0.25) is 5.95 Å². The first kappa shape index (κ1) is 37.0. The maximum Gasteiger partial charge on any atom is 0.416 e. The molecule has 0 radical (unpaired) electrons. The van der Waals surface area contributed by atoms with Crippen LogP contribution in [0.2, 0.25) is 0 Å². The molecule has 3 aromatic carbocycles. The van der Waals surface area contributed by atoms with Gasteiger partial charge in [-0.25, -0.2) is 27.7 Å². The van der Waals surface area contributed by atoms with Crippen molar-refractivity contribution in [2.75, 3.05) is 45.4 Å². The molecule has 0 unspecified atom stereocenters. The predicted molar refractivity (Wildman–Crippen MR) is 175 cm³/mol. The molecule has 0 amide bonds. The minimum Gasteiger partial charge on any atom is -0.744 e. The summed E-state index contributed by atoms with van der Waals surface area (Å²) >= 11 is 0. The van der Waals surface area contributed by atoms with Crippen LogP contribution in [0.15, 0.2) is 93.8 Å². The zero-order valence-electron chi connectivity index (χ0n) is 27.7. The molecule has 2 aliphatic rings.